The minimum absolute atomic E-state index is 0.00977. The van der Waals surface area contributed by atoms with Gasteiger partial charge in [0.1, 0.15) is 28.0 Å². The number of aromatic nitrogens is 9. The molecule has 100 heavy (non-hydrogen) atoms. The number of rotatable bonds is 10. The van der Waals surface area contributed by atoms with Gasteiger partial charge in [0.05, 0.1) is 53.1 Å². The zero-order valence-electron chi connectivity index (χ0n) is 66.5. The molecule has 0 unspecified atom stereocenters. The Morgan fingerprint density at radius 1 is 0.240 bits per heavy atom. The van der Waals surface area contributed by atoms with Gasteiger partial charge in [0.15, 0.2) is 34.9 Å². The number of pyridine rings is 1. The molecule has 20 aromatic rings. The average Bonchev–Trinajstić information content (AvgIpc) is 1.57. The van der Waals surface area contributed by atoms with E-state index in [4.69, 9.17) is 42.5 Å². The molecule has 0 fully saturated rings. The Morgan fingerprint density at radius 2 is 0.610 bits per heavy atom. The molecule has 0 saturated heterocycles. The molecule has 20 rings (SSSR count). The fraction of sp³-hybridized carbons (Fsp3) is 0. The molecule has 0 atom stereocenters. The zero-order chi connectivity index (χ0) is 78.2. The van der Waals surface area contributed by atoms with Crippen molar-refractivity contribution in [1.82, 2.24) is 44.0 Å². The molecule has 0 bridgehead atoms. The first kappa shape index (κ1) is 44.8. The molecular formula is C89H55N9O2. The summed E-state index contributed by atoms with van der Waals surface area (Å²) >= 11 is 0. The molecule has 7 aromatic heterocycles. The molecule has 0 radical (unpaired) electrons. The maximum absolute atomic E-state index is 9.56. The second-order valence-electron chi connectivity index (χ2n) is 23.8. The van der Waals surface area contributed by atoms with Crippen molar-refractivity contribution in [1.29, 1.82) is 0 Å². The monoisotopic (exact) mass is 1300 g/mol. The van der Waals surface area contributed by atoms with Crippen molar-refractivity contribution < 1.29 is 28.0 Å². The van der Waals surface area contributed by atoms with E-state index in [0.717, 1.165) is 121 Å². The smallest absolute Gasteiger partial charge is 0.182 e. The zero-order valence-corrected chi connectivity index (χ0v) is 52.5. The summed E-state index contributed by atoms with van der Waals surface area (Å²) in [6.07, 6.45) is 1.62. The molecule has 0 aliphatic carbocycles. The van der Waals surface area contributed by atoms with Crippen LogP contribution in [0, 0.1) is 0 Å². The van der Waals surface area contributed by atoms with Crippen molar-refractivity contribution in [3.05, 3.63) is 333 Å². The number of benzene rings is 13. The Bertz CT molecular complexity index is 7130. The summed E-state index contributed by atoms with van der Waals surface area (Å²) in [5, 5.41) is 7.55. The summed E-state index contributed by atoms with van der Waals surface area (Å²) in [6.45, 7) is 0. The first-order valence-corrected chi connectivity index (χ1v) is 32.1. The van der Waals surface area contributed by atoms with Gasteiger partial charge in [-0.2, -0.15) is 0 Å². The average molecular weight is 1300 g/mol. The molecule has 13 aromatic carbocycles. The number of para-hydroxylation sites is 4. The fourth-order valence-electron chi connectivity index (χ4n) is 13.1. The molecule has 0 aliphatic heterocycles. The van der Waals surface area contributed by atoms with E-state index in [9.17, 15) is 5.48 Å². The predicted octanol–water partition coefficient (Wildman–Crippen LogP) is 22.5. The third-order valence-electron chi connectivity index (χ3n) is 17.9. The van der Waals surface area contributed by atoms with Gasteiger partial charge in [0.25, 0.3) is 0 Å². The third-order valence-corrected chi connectivity index (χ3v) is 17.9. The summed E-state index contributed by atoms with van der Waals surface area (Å²) in [5.41, 5.74) is 12.3. The molecule has 0 spiro atoms. The van der Waals surface area contributed by atoms with Crippen molar-refractivity contribution in [2.24, 2.45) is 0 Å². The van der Waals surface area contributed by atoms with Crippen LogP contribution >= 0.6 is 0 Å². The first-order valence-electron chi connectivity index (χ1n) is 39.1. The largest absolute Gasteiger partial charge is 0.456 e. The van der Waals surface area contributed by atoms with Crippen LogP contribution in [-0.2, 0) is 0 Å². The lowest BCUT2D eigenvalue weighted by Crippen LogP contribution is -2.02. The number of hydrogen-bond acceptors (Lipinski definition) is 9. The van der Waals surface area contributed by atoms with Gasteiger partial charge in [-0.3, -0.25) is 4.98 Å². The summed E-state index contributed by atoms with van der Waals surface area (Å²) in [6, 6.07) is 72.1. The topological polar surface area (TPSA) is 126 Å². The lowest BCUT2D eigenvalue weighted by molar-refractivity contribution is 0.669. The highest BCUT2D eigenvalue weighted by Gasteiger charge is 2.21. The summed E-state index contributed by atoms with van der Waals surface area (Å²) in [4.78, 5) is 32.7. The van der Waals surface area contributed by atoms with Crippen LogP contribution in [0.1, 0.15) is 19.2 Å². The lowest BCUT2D eigenvalue weighted by atomic mass is 10.0. The van der Waals surface area contributed by atoms with Crippen LogP contribution in [0.5, 0.6) is 0 Å². The van der Waals surface area contributed by atoms with Crippen molar-refractivity contribution in [3.8, 4) is 102 Å². The van der Waals surface area contributed by atoms with E-state index in [1.807, 2.05) is 211 Å². The summed E-state index contributed by atoms with van der Waals surface area (Å²) in [7, 11) is 0. The Kier molecular flexibility index (Phi) is 10.8. The van der Waals surface area contributed by atoms with Crippen molar-refractivity contribution >= 4 is 87.5 Å². The van der Waals surface area contributed by atoms with Crippen LogP contribution in [0.3, 0.4) is 0 Å². The van der Waals surface area contributed by atoms with Crippen LogP contribution in [0.4, 0.5) is 0 Å². The number of nitrogens with zero attached hydrogens (tertiary/aromatic N) is 9. The molecule has 0 saturated carbocycles. The van der Waals surface area contributed by atoms with Crippen LogP contribution in [-0.4, -0.2) is 44.0 Å². The van der Waals surface area contributed by atoms with E-state index >= 15 is 0 Å². The van der Waals surface area contributed by atoms with E-state index in [1.165, 1.54) is 0 Å². The van der Waals surface area contributed by atoms with Gasteiger partial charge in [-0.25, -0.2) is 29.9 Å². The molecule has 11 heteroatoms. The quantitative estimate of drug-likeness (QED) is 0.132. The second kappa shape index (κ2) is 24.2. The molecule has 0 N–H and O–H groups in total. The van der Waals surface area contributed by atoms with Crippen LogP contribution < -0.4 is 0 Å². The predicted molar refractivity (Wildman–Crippen MR) is 404 cm³/mol. The standard InChI is InChI=1S/C51H32N4O.C38H23N5O/c1-3-11-33(12-4-1)35-19-23-37(24-20-35)49-52-50(38-25-21-36(22-26-38)34-13-5-2-6-14-34)54-51(53-49)39-27-29-40(30-28-39)55-45-17-9-7-15-41(45)43-32-48-44(31-46(43)55)42-16-8-10-18-47(42)56-48;1-3-11-24(12-4-1)36-40-37(25-13-5-2-6-14-25)42-38(41-36)31-20-19-26(23-39-31)43-32-17-9-7-15-27(32)29-22-35-30(21-33(29)43)28-16-8-10-18-34(28)44-35/h1-32H;1-23H/i27D,28D,29D,30D;1D,2D,3D,4D,5D,6D,11D,12D,13D,14D. The molecule has 7 heterocycles. The van der Waals surface area contributed by atoms with Gasteiger partial charge in [-0.05, 0) is 107 Å². The van der Waals surface area contributed by atoms with Gasteiger partial charge in [-0.15, -0.1) is 0 Å². The highest BCUT2D eigenvalue weighted by atomic mass is 16.3. The van der Waals surface area contributed by atoms with Crippen molar-refractivity contribution in [3.63, 3.8) is 0 Å². The lowest BCUT2D eigenvalue weighted by Gasteiger charge is -2.11. The number of hydrogen-bond donors (Lipinski definition) is 0. The van der Waals surface area contributed by atoms with E-state index in [0.29, 0.717) is 17.3 Å². The van der Waals surface area contributed by atoms with Crippen LogP contribution in [0.15, 0.2) is 342 Å². The first-order chi connectivity index (χ1) is 55.3. The summed E-state index contributed by atoms with van der Waals surface area (Å²) in [5.74, 6) is -0.0876. The van der Waals surface area contributed by atoms with Gasteiger partial charge in [-0.1, -0.05) is 242 Å². The van der Waals surface area contributed by atoms with Crippen LogP contribution in [0.25, 0.3) is 190 Å². The van der Waals surface area contributed by atoms with Crippen molar-refractivity contribution in [2.45, 2.75) is 0 Å². The highest BCUT2D eigenvalue weighted by molar-refractivity contribution is 6.18. The van der Waals surface area contributed by atoms with Crippen molar-refractivity contribution in [2.75, 3.05) is 0 Å². The minimum atomic E-state index is -0.619. The Balaban J connectivity index is 0.000000154. The van der Waals surface area contributed by atoms with E-state index in [1.54, 1.807) is 12.3 Å². The molecule has 468 valence electrons. The normalized spacial score (nSPS) is 13.6. The van der Waals surface area contributed by atoms with E-state index < -0.39 is 60.4 Å². The van der Waals surface area contributed by atoms with E-state index in [2.05, 4.69) is 49.9 Å². The fourth-order valence-corrected chi connectivity index (χ4v) is 13.1. The SMILES string of the molecule is [2H]c1c([2H])c(-n2c3ccccc3c3cc4oc5ccccc5c4cc32)c([2H])c([2H])c1-c1nc(-c2ccc(-c3ccccc3)cc2)nc(-c2ccc(-c3ccccc3)cc2)n1.[2H]c1c([2H])c([2H])c(-c2nc(-c3ccc(-n4c5ccccc5c5cc6oc7ccccc7c6cc54)cn3)nc(-c3c([2H])c([2H])c([2H])c([2H])c3[2H])n2)c([2H])c1[2H]. The molecule has 0 amide bonds. The Hall–Kier alpha value is -13.8. The van der Waals surface area contributed by atoms with Gasteiger partial charge >= 0.3 is 0 Å². The molecule has 11 nitrogen and oxygen atoms in total. The van der Waals surface area contributed by atoms with Crippen LogP contribution in [0.2, 0.25) is 0 Å². The second-order valence-corrected chi connectivity index (χ2v) is 23.8. The molecule has 0 aliphatic rings. The molecular weight excluding hydrogens is 1230 g/mol. The number of furan rings is 2. The minimum Gasteiger partial charge on any atom is -0.456 e. The maximum atomic E-state index is 9.56. The van der Waals surface area contributed by atoms with Gasteiger partial charge in [0, 0.05) is 76.6 Å². The van der Waals surface area contributed by atoms with E-state index in [-0.39, 0.29) is 75.5 Å². The Morgan fingerprint density at radius 3 is 1.06 bits per heavy atom. The van der Waals surface area contributed by atoms with Gasteiger partial charge < -0.3 is 18.0 Å². The number of fused-ring (bicyclic) bond motifs is 12. The van der Waals surface area contributed by atoms with Gasteiger partial charge in [0.2, 0.25) is 0 Å². The maximum Gasteiger partial charge on any atom is 0.182 e. The highest BCUT2D eigenvalue weighted by Crippen LogP contribution is 2.41. The Labute approximate surface area is 592 Å². The summed E-state index contributed by atoms with van der Waals surface area (Å²) < 4.78 is 138. The third kappa shape index (κ3) is 10.3.